The Morgan fingerprint density at radius 3 is 2.25 bits per heavy atom. The molecule has 0 spiro atoms. The third-order valence-electron chi connectivity index (χ3n) is 4.74. The lowest BCUT2D eigenvalue weighted by molar-refractivity contribution is -0.139. The molecule has 6 nitrogen and oxygen atoms in total. The zero-order chi connectivity index (χ0) is 19.9. The summed E-state index contributed by atoms with van der Waals surface area (Å²) in [5.74, 6) is -1.43. The van der Waals surface area contributed by atoms with E-state index in [-0.39, 0.29) is 17.9 Å². The predicted octanol–water partition coefficient (Wildman–Crippen LogP) is 2.08. The minimum absolute atomic E-state index is 0.0472. The number of nitrogens with zero attached hydrogens (tertiary/aromatic N) is 1. The van der Waals surface area contributed by atoms with Crippen LogP contribution in [0, 0.1) is 0 Å². The molecule has 1 saturated heterocycles. The van der Waals surface area contributed by atoms with Gasteiger partial charge in [-0.25, -0.2) is 0 Å². The van der Waals surface area contributed by atoms with E-state index in [0.29, 0.717) is 31.6 Å². The van der Waals surface area contributed by atoms with Gasteiger partial charge in [-0.1, -0.05) is 60.7 Å². The highest BCUT2D eigenvalue weighted by Gasteiger charge is 2.45. The standard InChI is InChI=1S/C22H24N2O4/c25-15-13-23-12-7-14-24-19(16-8-3-1-4-9-16)18(21(27)22(24)28)20(26)17-10-5-2-6-11-17/h1-6,8-11,19,23,25-26H,7,12-15H2/t19-/m0/s1. The number of hydrogen-bond donors (Lipinski definition) is 3. The van der Waals surface area contributed by atoms with E-state index in [1.54, 1.807) is 24.3 Å². The fourth-order valence-electron chi connectivity index (χ4n) is 3.42. The normalized spacial score (nSPS) is 18.6. The molecule has 0 radical (unpaired) electrons. The second-order valence-corrected chi connectivity index (χ2v) is 6.60. The van der Waals surface area contributed by atoms with Crippen LogP contribution in [0.2, 0.25) is 0 Å². The average molecular weight is 380 g/mol. The van der Waals surface area contributed by atoms with E-state index in [0.717, 1.165) is 5.56 Å². The van der Waals surface area contributed by atoms with Gasteiger partial charge in [-0.05, 0) is 18.5 Å². The monoisotopic (exact) mass is 380 g/mol. The van der Waals surface area contributed by atoms with E-state index in [2.05, 4.69) is 5.32 Å². The predicted molar refractivity (Wildman–Crippen MR) is 106 cm³/mol. The molecular formula is C22H24N2O4. The van der Waals surface area contributed by atoms with Crippen LogP contribution in [0.1, 0.15) is 23.6 Å². The molecule has 1 aliphatic heterocycles. The topological polar surface area (TPSA) is 89.9 Å². The van der Waals surface area contributed by atoms with Crippen molar-refractivity contribution in [3.8, 4) is 0 Å². The molecule has 3 rings (SSSR count). The first-order valence-electron chi connectivity index (χ1n) is 9.35. The molecule has 6 heteroatoms. The molecule has 28 heavy (non-hydrogen) atoms. The third-order valence-corrected chi connectivity index (χ3v) is 4.74. The largest absolute Gasteiger partial charge is 0.507 e. The van der Waals surface area contributed by atoms with Crippen LogP contribution in [-0.4, -0.2) is 53.0 Å². The lowest BCUT2D eigenvalue weighted by atomic mass is 9.95. The maximum absolute atomic E-state index is 12.8. The molecular weight excluding hydrogens is 356 g/mol. The zero-order valence-electron chi connectivity index (χ0n) is 15.5. The summed E-state index contributed by atoms with van der Waals surface area (Å²) in [5, 5.41) is 22.7. The van der Waals surface area contributed by atoms with Crippen molar-refractivity contribution in [1.29, 1.82) is 0 Å². The van der Waals surface area contributed by atoms with Crippen LogP contribution in [0.25, 0.3) is 5.76 Å². The van der Waals surface area contributed by atoms with Crippen molar-refractivity contribution < 1.29 is 19.8 Å². The van der Waals surface area contributed by atoms with Crippen molar-refractivity contribution in [2.45, 2.75) is 12.5 Å². The molecule has 0 aromatic heterocycles. The Kier molecular flexibility index (Phi) is 6.57. The van der Waals surface area contributed by atoms with E-state index in [4.69, 9.17) is 5.11 Å². The second-order valence-electron chi connectivity index (χ2n) is 6.60. The molecule has 0 unspecified atom stereocenters. The molecule has 1 fully saturated rings. The minimum Gasteiger partial charge on any atom is -0.507 e. The number of likely N-dealkylation sites (tertiary alicyclic amines) is 1. The van der Waals surface area contributed by atoms with E-state index in [1.807, 2.05) is 36.4 Å². The van der Waals surface area contributed by atoms with Crippen molar-refractivity contribution in [1.82, 2.24) is 10.2 Å². The first-order valence-corrected chi connectivity index (χ1v) is 9.35. The molecule has 2 aromatic rings. The van der Waals surface area contributed by atoms with Gasteiger partial charge in [-0.2, -0.15) is 0 Å². The summed E-state index contributed by atoms with van der Waals surface area (Å²) in [6.45, 7) is 1.51. The molecule has 0 aliphatic carbocycles. The Morgan fingerprint density at radius 2 is 1.61 bits per heavy atom. The summed E-state index contributed by atoms with van der Waals surface area (Å²) < 4.78 is 0. The smallest absolute Gasteiger partial charge is 0.295 e. The molecule has 146 valence electrons. The number of carbonyl (C=O) groups excluding carboxylic acids is 2. The van der Waals surface area contributed by atoms with Gasteiger partial charge in [0.2, 0.25) is 0 Å². The lowest BCUT2D eigenvalue weighted by Crippen LogP contribution is -2.32. The maximum Gasteiger partial charge on any atom is 0.295 e. The van der Waals surface area contributed by atoms with Crippen LogP contribution in [0.15, 0.2) is 66.2 Å². The quantitative estimate of drug-likeness (QED) is 0.282. The van der Waals surface area contributed by atoms with Crippen LogP contribution in [0.3, 0.4) is 0 Å². The van der Waals surface area contributed by atoms with Crippen molar-refractivity contribution in [3.05, 3.63) is 77.4 Å². The Bertz CT molecular complexity index is 849. The molecule has 3 N–H and O–H groups in total. The maximum atomic E-state index is 12.8. The number of nitrogens with one attached hydrogen (secondary N) is 1. The summed E-state index contributed by atoms with van der Waals surface area (Å²) >= 11 is 0. The molecule has 1 heterocycles. The zero-order valence-corrected chi connectivity index (χ0v) is 15.5. The van der Waals surface area contributed by atoms with Crippen LogP contribution in [-0.2, 0) is 9.59 Å². The molecule has 2 aromatic carbocycles. The summed E-state index contributed by atoms with van der Waals surface area (Å²) in [5.41, 5.74) is 1.40. The van der Waals surface area contributed by atoms with Crippen LogP contribution >= 0.6 is 0 Å². The Balaban J connectivity index is 1.96. The van der Waals surface area contributed by atoms with E-state index in [9.17, 15) is 14.7 Å². The van der Waals surface area contributed by atoms with Gasteiger partial charge in [-0.3, -0.25) is 9.59 Å². The van der Waals surface area contributed by atoms with Crippen LogP contribution in [0.5, 0.6) is 0 Å². The Hall–Kier alpha value is -2.96. The van der Waals surface area contributed by atoms with Gasteiger partial charge < -0.3 is 20.4 Å². The van der Waals surface area contributed by atoms with Crippen molar-refractivity contribution in [2.75, 3.05) is 26.2 Å². The third kappa shape index (κ3) is 4.13. The van der Waals surface area contributed by atoms with Gasteiger partial charge in [0.05, 0.1) is 18.2 Å². The van der Waals surface area contributed by atoms with E-state index in [1.165, 1.54) is 4.90 Å². The molecule has 1 atom stereocenters. The summed E-state index contributed by atoms with van der Waals surface area (Å²) in [6.07, 6.45) is 0.627. The van der Waals surface area contributed by atoms with Gasteiger partial charge in [0.25, 0.3) is 11.7 Å². The summed E-state index contributed by atoms with van der Waals surface area (Å²) in [6, 6.07) is 17.4. The molecule has 0 bridgehead atoms. The van der Waals surface area contributed by atoms with Gasteiger partial charge in [-0.15, -0.1) is 0 Å². The highest BCUT2D eigenvalue weighted by atomic mass is 16.3. The SMILES string of the molecule is O=C1C(=O)N(CCCNCCO)[C@@H](c2ccccc2)C1=C(O)c1ccccc1. The van der Waals surface area contributed by atoms with Crippen LogP contribution < -0.4 is 5.32 Å². The van der Waals surface area contributed by atoms with Crippen molar-refractivity contribution in [2.24, 2.45) is 0 Å². The van der Waals surface area contributed by atoms with Gasteiger partial charge in [0.1, 0.15) is 5.76 Å². The van der Waals surface area contributed by atoms with E-state index < -0.39 is 17.7 Å². The van der Waals surface area contributed by atoms with E-state index >= 15 is 0 Å². The number of carbonyl (C=O) groups is 2. The fourth-order valence-corrected chi connectivity index (χ4v) is 3.42. The summed E-state index contributed by atoms with van der Waals surface area (Å²) in [7, 11) is 0. The minimum atomic E-state index is -0.668. The van der Waals surface area contributed by atoms with Gasteiger partial charge in [0.15, 0.2) is 0 Å². The number of aliphatic hydroxyl groups is 2. The summed E-state index contributed by atoms with van der Waals surface area (Å²) in [4.78, 5) is 27.0. The first kappa shape index (κ1) is 19.8. The highest BCUT2D eigenvalue weighted by Crippen LogP contribution is 2.39. The number of ketones is 1. The van der Waals surface area contributed by atoms with Crippen molar-refractivity contribution in [3.63, 3.8) is 0 Å². The number of amides is 1. The first-order chi connectivity index (χ1) is 13.6. The molecule has 1 amide bonds. The van der Waals surface area contributed by atoms with Gasteiger partial charge >= 0.3 is 0 Å². The number of Topliss-reactive ketones (excluding diaryl/α,β-unsaturated/α-hetero) is 1. The average Bonchev–Trinajstić information content (AvgIpc) is 2.99. The number of rotatable bonds is 8. The highest BCUT2D eigenvalue weighted by molar-refractivity contribution is 6.46. The second kappa shape index (κ2) is 9.30. The Labute approximate surface area is 164 Å². The lowest BCUT2D eigenvalue weighted by Gasteiger charge is -2.25. The molecule has 0 saturated carbocycles. The van der Waals surface area contributed by atoms with Crippen LogP contribution in [0.4, 0.5) is 0 Å². The fraction of sp³-hybridized carbons (Fsp3) is 0.273. The molecule has 1 aliphatic rings. The number of aliphatic hydroxyl groups excluding tert-OH is 2. The Morgan fingerprint density at radius 1 is 0.964 bits per heavy atom. The number of hydrogen-bond acceptors (Lipinski definition) is 5. The van der Waals surface area contributed by atoms with Crippen molar-refractivity contribution >= 4 is 17.4 Å². The number of benzene rings is 2. The van der Waals surface area contributed by atoms with Gasteiger partial charge in [0, 0.05) is 18.7 Å².